The van der Waals surface area contributed by atoms with Crippen LogP contribution in [0.25, 0.3) is 0 Å². The van der Waals surface area contributed by atoms with Gasteiger partial charge < -0.3 is 10.2 Å². The molecule has 3 aromatic rings. The van der Waals surface area contributed by atoms with Crippen LogP contribution in [-0.2, 0) is 4.79 Å². The lowest BCUT2D eigenvalue weighted by atomic mass is 9.96. The number of halogens is 1. The maximum atomic E-state index is 13.0. The van der Waals surface area contributed by atoms with E-state index < -0.39 is 0 Å². The molecule has 1 amide bonds. The molecule has 0 aromatic heterocycles. The molecule has 0 radical (unpaired) electrons. The lowest BCUT2D eigenvalue weighted by Gasteiger charge is -2.39. The summed E-state index contributed by atoms with van der Waals surface area (Å²) in [6.07, 6.45) is 1.49. The van der Waals surface area contributed by atoms with Crippen LogP contribution in [0, 0.1) is 11.3 Å². The minimum Gasteiger partial charge on any atom is -0.360 e. The lowest BCUT2D eigenvalue weighted by Crippen LogP contribution is -2.50. The highest BCUT2D eigenvalue weighted by molar-refractivity contribution is 9.10. The summed E-state index contributed by atoms with van der Waals surface area (Å²) in [5.41, 5.74) is 3.38. The summed E-state index contributed by atoms with van der Waals surface area (Å²) >= 11 is 3.42. The van der Waals surface area contributed by atoms with Crippen LogP contribution in [0.3, 0.4) is 0 Å². The Hall–Kier alpha value is -3.40. The quantitative estimate of drug-likeness (QED) is 0.373. The van der Waals surface area contributed by atoms with Crippen molar-refractivity contribution in [1.82, 2.24) is 9.80 Å². The van der Waals surface area contributed by atoms with E-state index in [1.165, 1.54) is 17.3 Å². The highest BCUT2D eigenvalue weighted by atomic mass is 79.9. The molecule has 0 spiro atoms. The number of piperazine rings is 1. The van der Waals surface area contributed by atoms with Gasteiger partial charge in [0.25, 0.3) is 5.91 Å². The monoisotopic (exact) mass is 500 g/mol. The van der Waals surface area contributed by atoms with E-state index in [0.717, 1.165) is 23.2 Å². The van der Waals surface area contributed by atoms with Crippen LogP contribution < -0.4 is 5.32 Å². The molecular weight excluding hydrogens is 476 g/mol. The van der Waals surface area contributed by atoms with Crippen molar-refractivity contribution in [2.45, 2.75) is 6.04 Å². The molecule has 4 rings (SSSR count). The highest BCUT2D eigenvalue weighted by Crippen LogP contribution is 2.29. The second-order valence-corrected chi connectivity index (χ2v) is 8.79. The van der Waals surface area contributed by atoms with Crippen LogP contribution >= 0.6 is 15.9 Å². The van der Waals surface area contributed by atoms with Gasteiger partial charge in [0.1, 0.15) is 11.6 Å². The number of carbonyl (C=O) groups is 1. The number of hydrogen-bond acceptors (Lipinski definition) is 4. The smallest absolute Gasteiger partial charge is 0.266 e. The Bertz CT molecular complexity index is 1110. The summed E-state index contributed by atoms with van der Waals surface area (Å²) in [5.74, 6) is -0.240. The van der Waals surface area contributed by atoms with E-state index in [-0.39, 0.29) is 17.5 Å². The number of nitrogens with one attached hydrogen (secondary N) is 1. The molecule has 1 aliphatic rings. The van der Waals surface area contributed by atoms with Gasteiger partial charge in [-0.3, -0.25) is 9.69 Å². The van der Waals surface area contributed by atoms with Gasteiger partial charge in [-0.05, 0) is 29.3 Å². The van der Waals surface area contributed by atoms with E-state index in [9.17, 15) is 10.1 Å². The van der Waals surface area contributed by atoms with E-state index in [2.05, 4.69) is 80.7 Å². The third-order valence-electron chi connectivity index (χ3n) is 5.76. The van der Waals surface area contributed by atoms with Crippen LogP contribution in [0.15, 0.2) is 101 Å². The van der Waals surface area contributed by atoms with Crippen LogP contribution in [0.2, 0.25) is 0 Å². The summed E-state index contributed by atoms with van der Waals surface area (Å²) in [7, 11) is 0. The summed E-state index contributed by atoms with van der Waals surface area (Å²) < 4.78 is 0.924. The summed E-state index contributed by atoms with van der Waals surface area (Å²) in [6.45, 7) is 2.62. The largest absolute Gasteiger partial charge is 0.360 e. The highest BCUT2D eigenvalue weighted by Gasteiger charge is 2.29. The number of amides is 1. The Morgan fingerprint density at radius 3 is 2.06 bits per heavy atom. The van der Waals surface area contributed by atoms with Gasteiger partial charge in [-0.25, -0.2) is 0 Å². The summed E-state index contributed by atoms with van der Waals surface area (Å²) in [5, 5.41) is 12.6. The van der Waals surface area contributed by atoms with Gasteiger partial charge in [0.05, 0.1) is 6.04 Å². The zero-order valence-electron chi connectivity index (χ0n) is 18.2. The third-order valence-corrected chi connectivity index (χ3v) is 6.25. The number of anilines is 1. The molecule has 3 aromatic carbocycles. The van der Waals surface area contributed by atoms with E-state index in [0.29, 0.717) is 13.1 Å². The predicted octanol–water partition coefficient (Wildman–Crippen LogP) is 5.20. The molecule has 6 heteroatoms. The molecule has 5 nitrogen and oxygen atoms in total. The maximum Gasteiger partial charge on any atom is 0.266 e. The molecule has 1 heterocycles. The number of hydrogen-bond donors (Lipinski definition) is 1. The van der Waals surface area contributed by atoms with Gasteiger partial charge in [0.15, 0.2) is 0 Å². The topological polar surface area (TPSA) is 59.4 Å². The number of nitriles is 1. The molecule has 1 N–H and O–H groups in total. The van der Waals surface area contributed by atoms with Crippen molar-refractivity contribution in [3.05, 3.63) is 112 Å². The van der Waals surface area contributed by atoms with Crippen LogP contribution in [0.4, 0.5) is 5.69 Å². The molecule has 1 fully saturated rings. The average molecular weight is 501 g/mol. The maximum absolute atomic E-state index is 13.0. The van der Waals surface area contributed by atoms with E-state index >= 15 is 0 Å². The number of carbonyl (C=O) groups excluding carboxylic acids is 1. The SMILES string of the molecule is N#C/C(=C/Nc1cccc(Br)c1)C(=O)N1CCN(C(c2ccccc2)c2ccccc2)CC1. The fraction of sp³-hybridized carbons (Fsp3) is 0.185. The van der Waals surface area contributed by atoms with Crippen LogP contribution in [0.5, 0.6) is 0 Å². The van der Waals surface area contributed by atoms with Crippen molar-refractivity contribution >= 4 is 27.5 Å². The van der Waals surface area contributed by atoms with Crippen molar-refractivity contribution in [1.29, 1.82) is 5.26 Å². The standard InChI is InChI=1S/C27H25BrN4O/c28-24-12-7-13-25(18-24)30-20-23(19-29)27(33)32-16-14-31(15-17-32)26(21-8-3-1-4-9-21)22-10-5-2-6-11-22/h1-13,18,20,26,30H,14-17H2/b23-20-. The normalized spacial score (nSPS) is 14.7. The molecular formula is C27H25BrN4O. The molecule has 0 saturated carbocycles. The first kappa shape index (κ1) is 22.8. The first-order chi connectivity index (χ1) is 16.2. The number of rotatable bonds is 6. The van der Waals surface area contributed by atoms with Gasteiger partial charge in [-0.2, -0.15) is 5.26 Å². The van der Waals surface area contributed by atoms with Crippen molar-refractivity contribution in [2.75, 3.05) is 31.5 Å². The Morgan fingerprint density at radius 1 is 0.909 bits per heavy atom. The Kier molecular flexibility index (Phi) is 7.56. The number of benzene rings is 3. The lowest BCUT2D eigenvalue weighted by molar-refractivity contribution is -0.128. The minimum absolute atomic E-state index is 0.103. The van der Waals surface area contributed by atoms with E-state index in [1.54, 1.807) is 4.90 Å². The summed E-state index contributed by atoms with van der Waals surface area (Å²) in [4.78, 5) is 17.2. The van der Waals surface area contributed by atoms with Crippen LogP contribution in [0.1, 0.15) is 17.2 Å². The molecule has 33 heavy (non-hydrogen) atoms. The Morgan fingerprint density at radius 2 is 1.52 bits per heavy atom. The van der Waals surface area contributed by atoms with Gasteiger partial charge in [-0.1, -0.05) is 82.7 Å². The molecule has 0 aliphatic carbocycles. The fourth-order valence-corrected chi connectivity index (χ4v) is 4.51. The molecule has 0 unspecified atom stereocenters. The molecule has 166 valence electrons. The van der Waals surface area contributed by atoms with Crippen molar-refractivity contribution in [3.8, 4) is 6.07 Å². The van der Waals surface area contributed by atoms with Crippen molar-refractivity contribution < 1.29 is 4.79 Å². The minimum atomic E-state index is -0.240. The van der Waals surface area contributed by atoms with Gasteiger partial charge in [0, 0.05) is 42.5 Å². The van der Waals surface area contributed by atoms with Crippen molar-refractivity contribution in [3.63, 3.8) is 0 Å². The molecule has 0 bridgehead atoms. The zero-order chi connectivity index (χ0) is 23.0. The Labute approximate surface area is 203 Å². The molecule has 1 saturated heterocycles. The zero-order valence-corrected chi connectivity index (χ0v) is 19.8. The van der Waals surface area contributed by atoms with E-state index in [1.807, 2.05) is 36.4 Å². The van der Waals surface area contributed by atoms with Gasteiger partial charge in [-0.15, -0.1) is 0 Å². The van der Waals surface area contributed by atoms with Gasteiger partial charge in [0.2, 0.25) is 0 Å². The predicted molar refractivity (Wildman–Crippen MR) is 134 cm³/mol. The first-order valence-corrected chi connectivity index (χ1v) is 11.7. The second kappa shape index (κ2) is 11.0. The average Bonchev–Trinajstić information content (AvgIpc) is 2.86. The first-order valence-electron chi connectivity index (χ1n) is 10.9. The third kappa shape index (κ3) is 5.70. The Balaban J connectivity index is 1.45. The van der Waals surface area contributed by atoms with Crippen LogP contribution in [-0.4, -0.2) is 41.9 Å². The molecule has 1 aliphatic heterocycles. The van der Waals surface area contributed by atoms with Crippen molar-refractivity contribution in [2.24, 2.45) is 0 Å². The molecule has 0 atom stereocenters. The van der Waals surface area contributed by atoms with Gasteiger partial charge >= 0.3 is 0 Å². The van der Waals surface area contributed by atoms with E-state index in [4.69, 9.17) is 0 Å². The fourth-order valence-electron chi connectivity index (χ4n) is 4.11. The number of nitrogens with zero attached hydrogens (tertiary/aromatic N) is 3. The second-order valence-electron chi connectivity index (χ2n) is 7.88. The summed E-state index contributed by atoms with van der Waals surface area (Å²) in [6, 6.07) is 30.7.